The van der Waals surface area contributed by atoms with Crippen molar-refractivity contribution in [2.45, 2.75) is 26.9 Å². The Labute approximate surface area is 145 Å². The summed E-state index contributed by atoms with van der Waals surface area (Å²) in [7, 11) is 1.42. The monoisotopic (exact) mass is 344 g/mol. The molecule has 2 aromatic rings. The van der Waals surface area contributed by atoms with Crippen LogP contribution in [0.4, 0.5) is 11.4 Å². The van der Waals surface area contributed by atoms with E-state index in [0.717, 1.165) is 11.1 Å². The van der Waals surface area contributed by atoms with Crippen LogP contribution in [-0.2, 0) is 4.79 Å². The lowest BCUT2D eigenvalue weighted by Crippen LogP contribution is -2.30. The van der Waals surface area contributed by atoms with Crippen molar-refractivity contribution in [3.63, 3.8) is 0 Å². The summed E-state index contributed by atoms with van der Waals surface area (Å²) in [5.74, 6) is 0.552. The molecular weight excluding hydrogens is 324 g/mol. The lowest BCUT2D eigenvalue weighted by Gasteiger charge is -2.18. The molecule has 7 heteroatoms. The summed E-state index contributed by atoms with van der Waals surface area (Å²) in [4.78, 5) is 22.8. The average Bonchev–Trinajstić information content (AvgIpc) is 2.57. The van der Waals surface area contributed by atoms with E-state index in [-0.39, 0.29) is 11.4 Å². The number of amides is 1. The fourth-order valence-electron chi connectivity index (χ4n) is 2.36. The Balaban J connectivity index is 2.18. The third-order valence-corrected chi connectivity index (χ3v) is 3.72. The molecule has 132 valence electrons. The zero-order valence-corrected chi connectivity index (χ0v) is 14.5. The van der Waals surface area contributed by atoms with Crippen LogP contribution in [0.5, 0.6) is 11.5 Å². The number of aryl methyl sites for hydroxylation is 2. The fraction of sp³-hybridized carbons (Fsp3) is 0.278. The summed E-state index contributed by atoms with van der Waals surface area (Å²) < 4.78 is 10.9. The van der Waals surface area contributed by atoms with E-state index in [1.54, 1.807) is 6.92 Å². The lowest BCUT2D eigenvalue weighted by molar-refractivity contribution is -0.384. The molecule has 0 bridgehead atoms. The van der Waals surface area contributed by atoms with Crippen molar-refractivity contribution in [3.05, 3.63) is 57.6 Å². The molecule has 7 nitrogen and oxygen atoms in total. The molecule has 0 unspecified atom stereocenters. The number of ether oxygens (including phenoxy) is 2. The van der Waals surface area contributed by atoms with Gasteiger partial charge < -0.3 is 14.8 Å². The molecule has 1 atom stereocenters. The first-order valence-electron chi connectivity index (χ1n) is 7.69. The minimum Gasteiger partial charge on any atom is -0.495 e. The highest BCUT2D eigenvalue weighted by Gasteiger charge is 2.20. The molecular formula is C18H20N2O5. The second-order valence-electron chi connectivity index (χ2n) is 5.61. The van der Waals surface area contributed by atoms with E-state index in [9.17, 15) is 14.9 Å². The third-order valence-electron chi connectivity index (χ3n) is 3.72. The number of para-hydroxylation sites is 1. The van der Waals surface area contributed by atoms with Crippen LogP contribution in [0.3, 0.4) is 0 Å². The molecule has 0 saturated heterocycles. The molecule has 0 radical (unpaired) electrons. The quantitative estimate of drug-likeness (QED) is 0.638. The lowest BCUT2D eigenvalue weighted by atomic mass is 10.1. The highest BCUT2D eigenvalue weighted by atomic mass is 16.6. The molecule has 0 saturated carbocycles. The maximum Gasteiger partial charge on any atom is 0.271 e. The summed E-state index contributed by atoms with van der Waals surface area (Å²) >= 11 is 0. The van der Waals surface area contributed by atoms with Crippen molar-refractivity contribution in [2.75, 3.05) is 12.4 Å². The summed E-state index contributed by atoms with van der Waals surface area (Å²) in [5, 5.41) is 13.5. The molecule has 25 heavy (non-hydrogen) atoms. The van der Waals surface area contributed by atoms with Crippen LogP contribution in [0, 0.1) is 24.0 Å². The first-order valence-corrected chi connectivity index (χ1v) is 7.69. The van der Waals surface area contributed by atoms with Gasteiger partial charge in [-0.3, -0.25) is 14.9 Å². The Bertz CT molecular complexity index is 784. The van der Waals surface area contributed by atoms with Crippen molar-refractivity contribution < 1.29 is 19.2 Å². The molecule has 0 fully saturated rings. The maximum atomic E-state index is 12.4. The van der Waals surface area contributed by atoms with Gasteiger partial charge in [-0.25, -0.2) is 0 Å². The number of carbonyl (C=O) groups excluding carboxylic acids is 1. The van der Waals surface area contributed by atoms with Gasteiger partial charge in [-0.05, 0) is 38.0 Å². The normalized spacial score (nSPS) is 11.5. The van der Waals surface area contributed by atoms with E-state index in [0.29, 0.717) is 11.5 Å². The highest BCUT2D eigenvalue weighted by Crippen LogP contribution is 2.29. The Kier molecular flexibility index (Phi) is 5.59. The molecule has 0 aliphatic rings. The van der Waals surface area contributed by atoms with Gasteiger partial charge in [0.25, 0.3) is 11.6 Å². The van der Waals surface area contributed by atoms with Crippen molar-refractivity contribution >= 4 is 17.3 Å². The van der Waals surface area contributed by atoms with Gasteiger partial charge in [0.1, 0.15) is 11.5 Å². The smallest absolute Gasteiger partial charge is 0.271 e. The van der Waals surface area contributed by atoms with Crippen LogP contribution in [0.15, 0.2) is 36.4 Å². The van der Waals surface area contributed by atoms with E-state index in [4.69, 9.17) is 9.47 Å². The minimum absolute atomic E-state index is 0.139. The topological polar surface area (TPSA) is 90.7 Å². The molecule has 0 aliphatic carbocycles. The number of benzene rings is 2. The molecule has 2 aromatic carbocycles. The molecule has 0 aromatic heterocycles. The number of hydrogen-bond donors (Lipinski definition) is 1. The SMILES string of the molecule is COc1ccc([N+](=O)[O-])cc1NC(=O)[C@@H](C)Oc1c(C)cccc1C. The van der Waals surface area contributed by atoms with E-state index in [1.807, 2.05) is 32.0 Å². The van der Waals surface area contributed by atoms with Gasteiger partial charge in [0.15, 0.2) is 6.10 Å². The molecule has 0 heterocycles. The van der Waals surface area contributed by atoms with Gasteiger partial charge in [0.05, 0.1) is 17.7 Å². The van der Waals surface area contributed by atoms with Gasteiger partial charge in [0, 0.05) is 12.1 Å². The Morgan fingerprint density at radius 1 is 1.20 bits per heavy atom. The third kappa shape index (κ3) is 4.26. The number of nitrogens with one attached hydrogen (secondary N) is 1. The number of rotatable bonds is 6. The number of anilines is 1. The average molecular weight is 344 g/mol. The number of nitro benzene ring substituents is 1. The summed E-state index contributed by atoms with van der Waals surface area (Å²) in [6.07, 6.45) is -0.788. The highest BCUT2D eigenvalue weighted by molar-refractivity contribution is 5.95. The first-order chi connectivity index (χ1) is 11.8. The van der Waals surface area contributed by atoms with Gasteiger partial charge in [0.2, 0.25) is 0 Å². The molecule has 1 N–H and O–H groups in total. The summed E-state index contributed by atoms with van der Waals surface area (Å²) in [6, 6.07) is 9.71. The van der Waals surface area contributed by atoms with E-state index in [2.05, 4.69) is 5.32 Å². The van der Waals surface area contributed by atoms with Gasteiger partial charge in [-0.15, -0.1) is 0 Å². The van der Waals surface area contributed by atoms with Crippen LogP contribution in [0.2, 0.25) is 0 Å². The minimum atomic E-state index is -0.788. The summed E-state index contributed by atoms with van der Waals surface area (Å²) in [5.41, 5.74) is 1.93. The second-order valence-corrected chi connectivity index (χ2v) is 5.61. The molecule has 1 amide bonds. The summed E-state index contributed by atoms with van der Waals surface area (Å²) in [6.45, 7) is 5.41. The van der Waals surface area contributed by atoms with Gasteiger partial charge >= 0.3 is 0 Å². The predicted molar refractivity (Wildman–Crippen MR) is 94.3 cm³/mol. The van der Waals surface area contributed by atoms with Crippen LogP contribution in [0.25, 0.3) is 0 Å². The number of carbonyl (C=O) groups is 1. The van der Waals surface area contributed by atoms with Crippen LogP contribution < -0.4 is 14.8 Å². The Hall–Kier alpha value is -3.09. The van der Waals surface area contributed by atoms with Crippen LogP contribution in [0.1, 0.15) is 18.1 Å². The number of hydrogen-bond acceptors (Lipinski definition) is 5. The molecule has 2 rings (SSSR count). The number of non-ortho nitro benzene ring substituents is 1. The van der Waals surface area contributed by atoms with Gasteiger partial charge in [-0.1, -0.05) is 18.2 Å². The molecule has 0 aliphatic heterocycles. The number of methoxy groups -OCH3 is 1. The van der Waals surface area contributed by atoms with E-state index >= 15 is 0 Å². The number of nitro groups is 1. The number of nitrogens with zero attached hydrogens (tertiary/aromatic N) is 1. The van der Waals surface area contributed by atoms with Crippen molar-refractivity contribution in [1.82, 2.24) is 0 Å². The second kappa shape index (κ2) is 7.65. The van der Waals surface area contributed by atoms with Crippen molar-refractivity contribution in [3.8, 4) is 11.5 Å². The van der Waals surface area contributed by atoms with Crippen molar-refractivity contribution in [2.24, 2.45) is 0 Å². The molecule has 0 spiro atoms. The van der Waals surface area contributed by atoms with E-state index < -0.39 is 16.9 Å². The standard InChI is InChI=1S/C18H20N2O5/c1-11-6-5-7-12(2)17(11)25-13(3)18(21)19-15-10-14(20(22)23)8-9-16(15)24-4/h5-10,13H,1-4H3,(H,19,21)/t13-/m1/s1. The largest absolute Gasteiger partial charge is 0.495 e. The van der Waals surface area contributed by atoms with Crippen LogP contribution >= 0.6 is 0 Å². The maximum absolute atomic E-state index is 12.4. The first kappa shape index (κ1) is 18.3. The van der Waals surface area contributed by atoms with Crippen LogP contribution in [-0.4, -0.2) is 24.0 Å². The van der Waals surface area contributed by atoms with Gasteiger partial charge in [-0.2, -0.15) is 0 Å². The zero-order valence-electron chi connectivity index (χ0n) is 14.5. The zero-order chi connectivity index (χ0) is 18.6. The van der Waals surface area contributed by atoms with E-state index in [1.165, 1.54) is 25.3 Å². The Morgan fingerprint density at radius 3 is 2.40 bits per heavy atom. The predicted octanol–water partition coefficient (Wildman–Crippen LogP) is 3.63. The van der Waals surface area contributed by atoms with Crippen molar-refractivity contribution in [1.29, 1.82) is 0 Å². The fourth-order valence-corrected chi connectivity index (χ4v) is 2.36. The Morgan fingerprint density at radius 2 is 1.84 bits per heavy atom.